The van der Waals surface area contributed by atoms with Crippen molar-refractivity contribution in [1.29, 1.82) is 0 Å². The fourth-order valence-electron chi connectivity index (χ4n) is 7.42. The van der Waals surface area contributed by atoms with Gasteiger partial charge in [-0.25, -0.2) is 0 Å². The average molecular weight is 663 g/mol. The summed E-state index contributed by atoms with van der Waals surface area (Å²) in [7, 11) is 0. The molecule has 2 aliphatic heterocycles. The summed E-state index contributed by atoms with van der Waals surface area (Å²) in [5.74, 6) is -24.6. The Labute approximate surface area is 255 Å². The van der Waals surface area contributed by atoms with Gasteiger partial charge in [0.15, 0.2) is 0 Å². The maximum absolute atomic E-state index is 14.6. The van der Waals surface area contributed by atoms with Crippen molar-refractivity contribution in [3.8, 4) is 0 Å². The summed E-state index contributed by atoms with van der Waals surface area (Å²) < 4.78 is 122. The third-order valence-electron chi connectivity index (χ3n) is 10.1. The Hall–Kier alpha value is -3.65. The molecule has 0 atom stereocenters. The van der Waals surface area contributed by atoms with E-state index in [0.29, 0.717) is 18.8 Å². The molecular formula is C31H27F9N2O4. The van der Waals surface area contributed by atoms with E-state index >= 15 is 0 Å². The predicted octanol–water partition coefficient (Wildman–Crippen LogP) is 7.64. The van der Waals surface area contributed by atoms with Gasteiger partial charge in [-0.15, -0.1) is 0 Å². The Bertz CT molecular complexity index is 1580. The lowest BCUT2D eigenvalue weighted by molar-refractivity contribution is -0.404. The minimum atomic E-state index is -7.00. The van der Waals surface area contributed by atoms with E-state index in [1.807, 2.05) is 0 Å². The van der Waals surface area contributed by atoms with Gasteiger partial charge >= 0.3 is 23.9 Å². The number of carbonyl (C=O) groups is 4. The molecule has 6 rings (SSSR count). The Morgan fingerprint density at radius 2 is 0.848 bits per heavy atom. The van der Waals surface area contributed by atoms with Crippen LogP contribution in [-0.4, -0.2) is 69.5 Å². The summed E-state index contributed by atoms with van der Waals surface area (Å²) in [6.45, 7) is 2.09. The van der Waals surface area contributed by atoms with E-state index in [4.69, 9.17) is 0 Å². The Morgan fingerprint density at radius 1 is 0.522 bits per heavy atom. The first kappa shape index (κ1) is 32.3. The van der Waals surface area contributed by atoms with Gasteiger partial charge in [-0.3, -0.25) is 29.0 Å². The summed E-state index contributed by atoms with van der Waals surface area (Å²) in [4.78, 5) is 56.5. The lowest BCUT2D eigenvalue weighted by Gasteiger charge is -2.42. The monoisotopic (exact) mass is 662 g/mol. The van der Waals surface area contributed by atoms with Crippen molar-refractivity contribution in [2.75, 3.05) is 0 Å². The SMILES string of the molecule is CC1CCC(N2C(=O)c3ccc4c5c(ccc(c35)C2=O)C(=O)N(C2CCC(C(F)(F)C(F)(F)C(F)(F)C(F)(F)F)CC2)C4=O)CC1. The molecule has 2 fully saturated rings. The summed E-state index contributed by atoms with van der Waals surface area (Å²) in [5, 5.41) is 0.192. The summed E-state index contributed by atoms with van der Waals surface area (Å²) >= 11 is 0. The smallest absolute Gasteiger partial charge is 0.271 e. The summed E-state index contributed by atoms with van der Waals surface area (Å²) in [5.41, 5.74) is 0.114. The van der Waals surface area contributed by atoms with Gasteiger partial charge in [0, 0.05) is 51.0 Å². The van der Waals surface area contributed by atoms with Crippen LogP contribution in [0.3, 0.4) is 0 Å². The van der Waals surface area contributed by atoms with Crippen LogP contribution in [0, 0.1) is 11.8 Å². The van der Waals surface area contributed by atoms with Gasteiger partial charge in [-0.2, -0.15) is 39.5 Å². The number of hydrogen-bond donors (Lipinski definition) is 0. The lowest BCUT2D eigenvalue weighted by atomic mass is 9.77. The van der Waals surface area contributed by atoms with Crippen LogP contribution in [0.25, 0.3) is 10.8 Å². The summed E-state index contributed by atoms with van der Waals surface area (Å²) in [6.07, 6.45) is -7.07. The van der Waals surface area contributed by atoms with Crippen LogP contribution in [0.1, 0.15) is 99.7 Å². The molecule has 15 heteroatoms. The van der Waals surface area contributed by atoms with E-state index in [0.717, 1.165) is 17.7 Å². The van der Waals surface area contributed by atoms with Crippen molar-refractivity contribution < 1.29 is 58.7 Å². The second-order valence-corrected chi connectivity index (χ2v) is 12.7. The molecule has 0 N–H and O–H groups in total. The zero-order chi connectivity index (χ0) is 33.7. The lowest BCUT2D eigenvalue weighted by Crippen LogP contribution is -2.63. The number of rotatable bonds is 5. The molecule has 0 spiro atoms. The van der Waals surface area contributed by atoms with E-state index in [9.17, 15) is 58.7 Å². The Kier molecular flexibility index (Phi) is 7.32. The molecule has 2 heterocycles. The van der Waals surface area contributed by atoms with Crippen LogP contribution < -0.4 is 0 Å². The van der Waals surface area contributed by atoms with Gasteiger partial charge in [0.2, 0.25) is 0 Å². The first-order valence-electron chi connectivity index (χ1n) is 14.9. The molecule has 0 bridgehead atoms. The predicted molar refractivity (Wildman–Crippen MR) is 143 cm³/mol. The Balaban J connectivity index is 1.27. The normalized spacial score (nSPS) is 26.3. The average Bonchev–Trinajstić information content (AvgIpc) is 2.99. The van der Waals surface area contributed by atoms with Crippen LogP contribution in [0.4, 0.5) is 39.5 Å². The molecule has 2 aromatic rings. The number of hydrogen-bond acceptors (Lipinski definition) is 4. The largest absolute Gasteiger partial charge is 0.460 e. The van der Waals surface area contributed by atoms with Crippen molar-refractivity contribution >= 4 is 34.4 Å². The zero-order valence-corrected chi connectivity index (χ0v) is 24.2. The highest BCUT2D eigenvalue weighted by Crippen LogP contribution is 2.57. The van der Waals surface area contributed by atoms with Crippen LogP contribution in [0.15, 0.2) is 24.3 Å². The van der Waals surface area contributed by atoms with Crippen LogP contribution >= 0.6 is 0 Å². The van der Waals surface area contributed by atoms with Crippen LogP contribution in [-0.2, 0) is 0 Å². The fourth-order valence-corrected chi connectivity index (χ4v) is 7.42. The highest BCUT2D eigenvalue weighted by molar-refractivity contribution is 6.33. The maximum Gasteiger partial charge on any atom is 0.460 e. The van der Waals surface area contributed by atoms with Crippen molar-refractivity contribution in [1.82, 2.24) is 9.80 Å². The van der Waals surface area contributed by atoms with Crippen molar-refractivity contribution in [2.24, 2.45) is 11.8 Å². The zero-order valence-electron chi connectivity index (χ0n) is 24.2. The first-order valence-corrected chi connectivity index (χ1v) is 14.9. The number of halogens is 9. The molecule has 0 unspecified atom stereocenters. The van der Waals surface area contributed by atoms with E-state index < -0.39 is 85.2 Å². The van der Waals surface area contributed by atoms with Crippen LogP contribution in [0.2, 0.25) is 0 Å². The van der Waals surface area contributed by atoms with Crippen molar-refractivity contribution in [3.63, 3.8) is 0 Å². The molecule has 4 aliphatic rings. The van der Waals surface area contributed by atoms with Gasteiger partial charge < -0.3 is 0 Å². The standard InChI is InChI=1S/C31H27F9N2O4/c1-14-2-6-16(7-3-14)41-24(43)18-10-12-20-23-21(13-11-19(22(18)23)25(41)44)27(46)42(26(20)45)17-8-4-15(5-9-17)28(32,33)29(34,35)30(36,37)31(38,39)40/h10-17H,2-9H2,1H3. The number of benzene rings is 2. The van der Waals surface area contributed by atoms with Crippen molar-refractivity contribution in [3.05, 3.63) is 46.5 Å². The molecule has 0 saturated heterocycles. The molecule has 0 radical (unpaired) electrons. The third kappa shape index (κ3) is 4.39. The molecule has 46 heavy (non-hydrogen) atoms. The van der Waals surface area contributed by atoms with E-state index in [2.05, 4.69) is 6.92 Å². The highest BCUT2D eigenvalue weighted by atomic mass is 19.4. The second-order valence-electron chi connectivity index (χ2n) is 12.7. The third-order valence-corrected chi connectivity index (χ3v) is 10.1. The van der Waals surface area contributed by atoms with Crippen molar-refractivity contribution in [2.45, 2.75) is 94.3 Å². The topological polar surface area (TPSA) is 74.8 Å². The van der Waals surface area contributed by atoms with Gasteiger partial charge in [-0.05, 0) is 81.5 Å². The molecule has 6 nitrogen and oxygen atoms in total. The molecular weight excluding hydrogens is 635 g/mol. The van der Waals surface area contributed by atoms with E-state index in [-0.39, 0.29) is 39.1 Å². The van der Waals surface area contributed by atoms with E-state index in [1.54, 1.807) is 0 Å². The van der Waals surface area contributed by atoms with Gasteiger partial charge in [-0.1, -0.05) is 6.92 Å². The second kappa shape index (κ2) is 10.4. The van der Waals surface area contributed by atoms with E-state index in [1.165, 1.54) is 29.2 Å². The molecule has 248 valence electrons. The molecule has 2 aliphatic carbocycles. The number of amides is 4. The minimum Gasteiger partial charge on any atom is -0.271 e. The molecule has 0 aromatic heterocycles. The quantitative estimate of drug-likeness (QED) is 0.244. The Morgan fingerprint density at radius 3 is 1.17 bits per heavy atom. The molecule has 2 saturated carbocycles. The first-order chi connectivity index (χ1) is 21.3. The number of carbonyl (C=O) groups excluding carboxylic acids is 4. The molecule has 4 amide bonds. The van der Waals surface area contributed by atoms with Gasteiger partial charge in [0.1, 0.15) is 0 Å². The summed E-state index contributed by atoms with van der Waals surface area (Å²) in [6, 6.07) is 3.87. The number of alkyl halides is 9. The number of nitrogens with zero attached hydrogens (tertiary/aromatic N) is 2. The highest BCUT2D eigenvalue weighted by Gasteiger charge is 2.82. The maximum atomic E-state index is 14.6. The van der Waals surface area contributed by atoms with Gasteiger partial charge in [0.05, 0.1) is 0 Å². The number of imide groups is 2. The molecule has 2 aromatic carbocycles. The van der Waals surface area contributed by atoms with Crippen LogP contribution in [0.5, 0.6) is 0 Å². The minimum absolute atomic E-state index is 0.0640. The fraction of sp³-hybridized carbons (Fsp3) is 0.548. The van der Waals surface area contributed by atoms with Gasteiger partial charge in [0.25, 0.3) is 23.6 Å².